The Balaban J connectivity index is 1.71. The largest absolute Gasteiger partial charge is 0.496 e. The molecular formula is C18H16N2O6. The molecule has 2 aromatic carbocycles. The van der Waals surface area contributed by atoms with Crippen molar-refractivity contribution in [2.45, 2.75) is 6.54 Å². The van der Waals surface area contributed by atoms with Gasteiger partial charge in [-0.25, -0.2) is 4.79 Å². The molecule has 1 aliphatic heterocycles. The number of nitrogens with one attached hydrogen (secondary N) is 2. The summed E-state index contributed by atoms with van der Waals surface area (Å²) in [6.45, 7) is 0.0883. The Morgan fingerprint density at radius 3 is 2.81 bits per heavy atom. The number of carboxylic acids is 1. The van der Waals surface area contributed by atoms with Gasteiger partial charge in [0.1, 0.15) is 17.1 Å². The van der Waals surface area contributed by atoms with Gasteiger partial charge in [0.15, 0.2) is 6.61 Å². The van der Waals surface area contributed by atoms with Gasteiger partial charge in [-0.2, -0.15) is 0 Å². The summed E-state index contributed by atoms with van der Waals surface area (Å²) >= 11 is 0. The lowest BCUT2D eigenvalue weighted by Gasteiger charge is -2.18. The van der Waals surface area contributed by atoms with E-state index in [-0.39, 0.29) is 36.3 Å². The van der Waals surface area contributed by atoms with Crippen LogP contribution in [0.1, 0.15) is 26.3 Å². The Morgan fingerprint density at radius 1 is 1.27 bits per heavy atom. The van der Waals surface area contributed by atoms with Gasteiger partial charge in [0.25, 0.3) is 11.8 Å². The zero-order valence-corrected chi connectivity index (χ0v) is 13.9. The van der Waals surface area contributed by atoms with Gasteiger partial charge in [0.05, 0.1) is 12.8 Å². The molecule has 0 aromatic heterocycles. The molecule has 8 nitrogen and oxygen atoms in total. The third-order valence-corrected chi connectivity index (χ3v) is 3.82. The number of hydrogen-bond donors (Lipinski definition) is 3. The summed E-state index contributed by atoms with van der Waals surface area (Å²) in [6, 6.07) is 9.38. The molecule has 0 saturated heterocycles. The maximum atomic E-state index is 12.3. The number of carboxylic acid groups (broad SMARTS) is 1. The Morgan fingerprint density at radius 2 is 2.08 bits per heavy atom. The van der Waals surface area contributed by atoms with Gasteiger partial charge in [0.2, 0.25) is 0 Å². The van der Waals surface area contributed by atoms with E-state index in [4.69, 9.17) is 9.47 Å². The monoisotopic (exact) mass is 356 g/mol. The molecule has 0 fully saturated rings. The quantitative estimate of drug-likeness (QED) is 0.751. The van der Waals surface area contributed by atoms with Crippen molar-refractivity contribution in [2.75, 3.05) is 19.0 Å². The number of aromatic carboxylic acids is 1. The molecule has 1 aliphatic rings. The van der Waals surface area contributed by atoms with E-state index in [1.807, 2.05) is 0 Å². The number of rotatable bonds is 5. The van der Waals surface area contributed by atoms with Crippen molar-refractivity contribution >= 4 is 23.5 Å². The van der Waals surface area contributed by atoms with Crippen LogP contribution in [-0.2, 0) is 11.3 Å². The first-order valence-corrected chi connectivity index (χ1v) is 7.73. The summed E-state index contributed by atoms with van der Waals surface area (Å²) in [7, 11) is 1.39. The number of amides is 2. The number of carbonyl (C=O) groups excluding carboxylic acids is 2. The second-order valence-electron chi connectivity index (χ2n) is 5.57. The molecule has 0 spiro atoms. The summed E-state index contributed by atoms with van der Waals surface area (Å²) in [5.41, 5.74) is 1.42. The summed E-state index contributed by atoms with van der Waals surface area (Å²) in [5, 5.41) is 14.5. The van der Waals surface area contributed by atoms with E-state index in [1.54, 1.807) is 18.2 Å². The highest BCUT2D eigenvalue weighted by molar-refractivity contribution is 5.99. The minimum atomic E-state index is -1.11. The Hall–Kier alpha value is -3.55. The Bertz CT molecular complexity index is 893. The van der Waals surface area contributed by atoms with Gasteiger partial charge < -0.3 is 25.2 Å². The fourth-order valence-corrected chi connectivity index (χ4v) is 2.54. The van der Waals surface area contributed by atoms with Gasteiger partial charge in [-0.05, 0) is 35.9 Å². The van der Waals surface area contributed by atoms with Gasteiger partial charge in [0, 0.05) is 12.1 Å². The van der Waals surface area contributed by atoms with Crippen LogP contribution in [0.25, 0.3) is 0 Å². The first kappa shape index (κ1) is 17.3. The van der Waals surface area contributed by atoms with Crippen LogP contribution < -0.4 is 20.1 Å². The van der Waals surface area contributed by atoms with Crippen molar-refractivity contribution in [3.8, 4) is 11.5 Å². The number of benzene rings is 2. The summed E-state index contributed by atoms with van der Waals surface area (Å²) in [6.07, 6.45) is 0. The van der Waals surface area contributed by atoms with Crippen LogP contribution in [0.3, 0.4) is 0 Å². The van der Waals surface area contributed by atoms with Crippen molar-refractivity contribution in [1.29, 1.82) is 0 Å². The lowest BCUT2D eigenvalue weighted by atomic mass is 10.1. The first-order chi connectivity index (χ1) is 12.5. The number of anilines is 1. The molecule has 26 heavy (non-hydrogen) atoms. The summed E-state index contributed by atoms with van der Waals surface area (Å²) in [4.78, 5) is 34.9. The molecule has 0 unspecified atom stereocenters. The van der Waals surface area contributed by atoms with Crippen LogP contribution in [0.2, 0.25) is 0 Å². The maximum Gasteiger partial charge on any atom is 0.339 e. The molecule has 0 aliphatic carbocycles. The van der Waals surface area contributed by atoms with Crippen LogP contribution in [0.4, 0.5) is 5.69 Å². The van der Waals surface area contributed by atoms with Crippen LogP contribution in [-0.4, -0.2) is 36.6 Å². The second-order valence-corrected chi connectivity index (χ2v) is 5.57. The molecule has 2 amide bonds. The number of carbonyl (C=O) groups is 3. The van der Waals surface area contributed by atoms with Crippen molar-refractivity contribution in [3.63, 3.8) is 0 Å². The van der Waals surface area contributed by atoms with Crippen molar-refractivity contribution in [1.82, 2.24) is 5.32 Å². The number of fused-ring (bicyclic) bond motifs is 1. The van der Waals surface area contributed by atoms with Gasteiger partial charge in [-0.15, -0.1) is 0 Å². The predicted molar refractivity (Wildman–Crippen MR) is 91.7 cm³/mol. The van der Waals surface area contributed by atoms with Crippen LogP contribution in [0.15, 0.2) is 36.4 Å². The van der Waals surface area contributed by atoms with E-state index in [0.717, 1.165) is 0 Å². The highest BCUT2D eigenvalue weighted by Gasteiger charge is 2.18. The minimum Gasteiger partial charge on any atom is -0.496 e. The highest BCUT2D eigenvalue weighted by atomic mass is 16.5. The molecule has 0 saturated carbocycles. The fraction of sp³-hybridized carbons (Fsp3) is 0.167. The lowest BCUT2D eigenvalue weighted by molar-refractivity contribution is -0.118. The van der Waals surface area contributed by atoms with Gasteiger partial charge in [-0.3, -0.25) is 9.59 Å². The molecule has 8 heteroatoms. The van der Waals surface area contributed by atoms with E-state index >= 15 is 0 Å². The first-order valence-electron chi connectivity index (χ1n) is 7.73. The average Bonchev–Trinajstić information content (AvgIpc) is 2.65. The standard InChI is InChI=1S/C18H16N2O6/c1-25-14-4-2-10(6-12(14)18(23)24)8-19-17(22)11-3-5-15-13(7-11)20-16(21)9-26-15/h2-7H,8-9H2,1H3,(H,19,22)(H,20,21)(H,23,24). The van der Waals surface area contributed by atoms with Crippen molar-refractivity contribution < 1.29 is 29.0 Å². The summed E-state index contributed by atoms with van der Waals surface area (Å²) < 4.78 is 10.2. The normalized spacial score (nSPS) is 12.4. The van der Waals surface area contributed by atoms with E-state index in [9.17, 15) is 19.5 Å². The molecule has 1 heterocycles. The summed E-state index contributed by atoms with van der Waals surface area (Å²) in [5.74, 6) is -1.00. The predicted octanol–water partition coefficient (Wildman–Crippen LogP) is 1.65. The molecule has 134 valence electrons. The number of ether oxygens (including phenoxy) is 2. The zero-order valence-electron chi connectivity index (χ0n) is 13.9. The van der Waals surface area contributed by atoms with E-state index in [2.05, 4.69) is 10.6 Å². The topological polar surface area (TPSA) is 114 Å². The Kier molecular flexibility index (Phi) is 4.74. The van der Waals surface area contributed by atoms with Crippen LogP contribution >= 0.6 is 0 Å². The Labute approximate surface area is 148 Å². The minimum absolute atomic E-state index is 0.0212. The van der Waals surface area contributed by atoms with E-state index in [1.165, 1.54) is 25.3 Å². The lowest BCUT2D eigenvalue weighted by Crippen LogP contribution is -2.27. The zero-order chi connectivity index (χ0) is 18.7. The number of hydrogen-bond acceptors (Lipinski definition) is 5. The fourth-order valence-electron chi connectivity index (χ4n) is 2.54. The maximum absolute atomic E-state index is 12.3. The van der Waals surface area contributed by atoms with Gasteiger partial charge in [-0.1, -0.05) is 6.07 Å². The van der Waals surface area contributed by atoms with Crippen molar-refractivity contribution in [3.05, 3.63) is 53.1 Å². The van der Waals surface area contributed by atoms with Crippen LogP contribution in [0, 0.1) is 0 Å². The molecule has 0 bridgehead atoms. The third-order valence-electron chi connectivity index (χ3n) is 3.82. The highest BCUT2D eigenvalue weighted by Crippen LogP contribution is 2.28. The average molecular weight is 356 g/mol. The van der Waals surface area contributed by atoms with E-state index in [0.29, 0.717) is 22.6 Å². The van der Waals surface area contributed by atoms with Crippen LogP contribution in [0.5, 0.6) is 11.5 Å². The smallest absolute Gasteiger partial charge is 0.339 e. The molecule has 0 radical (unpaired) electrons. The van der Waals surface area contributed by atoms with E-state index < -0.39 is 5.97 Å². The molecular weight excluding hydrogens is 340 g/mol. The molecule has 2 aromatic rings. The SMILES string of the molecule is COc1ccc(CNC(=O)c2ccc3c(c2)NC(=O)CO3)cc1C(=O)O. The molecule has 3 rings (SSSR count). The van der Waals surface area contributed by atoms with Crippen molar-refractivity contribution in [2.24, 2.45) is 0 Å². The molecule has 3 N–H and O–H groups in total. The molecule has 0 atom stereocenters. The number of methoxy groups -OCH3 is 1. The second kappa shape index (κ2) is 7.14. The third kappa shape index (κ3) is 3.59. The van der Waals surface area contributed by atoms with Gasteiger partial charge >= 0.3 is 5.97 Å².